The van der Waals surface area contributed by atoms with Gasteiger partial charge in [-0.25, -0.2) is 9.78 Å². The van der Waals surface area contributed by atoms with Gasteiger partial charge in [-0.1, -0.05) is 22.0 Å². The zero-order valence-electron chi connectivity index (χ0n) is 23.7. The Balaban J connectivity index is 1.52. The van der Waals surface area contributed by atoms with Crippen LogP contribution < -0.4 is 10.6 Å². The second-order valence-corrected chi connectivity index (χ2v) is 10.3. The molecule has 2 N–H and O–H groups in total. The predicted octanol–water partition coefficient (Wildman–Crippen LogP) is 1.33. The van der Waals surface area contributed by atoms with Crippen molar-refractivity contribution >= 4 is 41.2 Å². The van der Waals surface area contributed by atoms with Crippen molar-refractivity contribution in [3.8, 4) is 0 Å². The summed E-state index contributed by atoms with van der Waals surface area (Å²) in [5.74, 6) is -1.37. The number of halogens is 1. The topological polar surface area (TPSA) is 188 Å². The van der Waals surface area contributed by atoms with Crippen molar-refractivity contribution in [2.24, 2.45) is 0 Å². The number of rotatable bonds is 13. The van der Waals surface area contributed by atoms with E-state index in [1.165, 1.54) is 39.7 Å². The molecule has 17 heteroatoms. The Morgan fingerprint density at radius 2 is 1.88 bits per heavy atom. The van der Waals surface area contributed by atoms with Gasteiger partial charge in [0.2, 0.25) is 5.91 Å². The van der Waals surface area contributed by atoms with Gasteiger partial charge in [0.25, 0.3) is 5.91 Å². The number of esters is 1. The first-order chi connectivity index (χ1) is 19.9. The number of aromatic nitrogens is 7. The second-order valence-electron chi connectivity index (χ2n) is 9.96. The molecule has 3 rings (SSSR count). The number of aryl methyl sites for hydroxylation is 1. The third-order valence-electron chi connectivity index (χ3n) is 5.44. The number of carbonyl (C=O) groups excluding carboxylic acids is 4. The molecule has 0 aromatic carbocycles. The summed E-state index contributed by atoms with van der Waals surface area (Å²) in [4.78, 5) is 54.6. The van der Waals surface area contributed by atoms with E-state index >= 15 is 0 Å². The van der Waals surface area contributed by atoms with Crippen LogP contribution in [0.2, 0.25) is 5.15 Å². The average molecular weight is 605 g/mol. The third kappa shape index (κ3) is 10.4. The van der Waals surface area contributed by atoms with E-state index in [4.69, 9.17) is 16.3 Å². The van der Waals surface area contributed by atoms with E-state index in [0.29, 0.717) is 25.2 Å². The molecule has 42 heavy (non-hydrogen) atoms. The van der Waals surface area contributed by atoms with E-state index in [1.807, 2.05) is 0 Å². The molecule has 0 atom stereocenters. The number of methoxy groups -OCH3 is 1. The summed E-state index contributed by atoms with van der Waals surface area (Å²) in [6.45, 7) is 5.88. The number of anilines is 1. The Labute approximate surface area is 246 Å². The summed E-state index contributed by atoms with van der Waals surface area (Å²) in [5.41, 5.74) is 0.0866. The van der Waals surface area contributed by atoms with Gasteiger partial charge in [-0.2, -0.15) is 0 Å². The lowest BCUT2D eigenvalue weighted by Crippen LogP contribution is -2.43. The van der Waals surface area contributed by atoms with Gasteiger partial charge >= 0.3 is 12.1 Å². The molecule has 226 valence electrons. The van der Waals surface area contributed by atoms with Crippen molar-refractivity contribution < 1.29 is 28.7 Å². The number of hydrogen-bond acceptors (Lipinski definition) is 11. The minimum atomic E-state index is -0.757. The van der Waals surface area contributed by atoms with Crippen LogP contribution in [0.15, 0.2) is 30.7 Å². The summed E-state index contributed by atoms with van der Waals surface area (Å²) in [7, 11) is 1.32. The van der Waals surface area contributed by atoms with E-state index < -0.39 is 23.5 Å². The highest BCUT2D eigenvalue weighted by Gasteiger charge is 2.24. The zero-order valence-corrected chi connectivity index (χ0v) is 24.5. The van der Waals surface area contributed by atoms with E-state index in [0.717, 1.165) is 0 Å². The molecule has 0 fully saturated rings. The molecule has 16 nitrogen and oxygen atoms in total. The molecule has 3 amide bonds. The largest absolute Gasteiger partial charge is 0.469 e. The van der Waals surface area contributed by atoms with Gasteiger partial charge in [0.1, 0.15) is 17.8 Å². The number of amides is 3. The van der Waals surface area contributed by atoms with E-state index in [2.05, 4.69) is 41.0 Å². The molecule has 3 heterocycles. The van der Waals surface area contributed by atoms with Crippen LogP contribution >= 0.6 is 11.6 Å². The number of hydrogen-bond donors (Lipinski definition) is 2. The SMILES string of the molecule is COC(=O)CCn1cc(CCNC(=O)c2ccc(NC(=O)CN(CCn3ccnn3)C(=O)OC(C)(C)C)c(Cl)n2)nn1. The fraction of sp³-hybridized carbons (Fsp3) is 0.480. The van der Waals surface area contributed by atoms with Crippen molar-refractivity contribution in [1.82, 2.24) is 45.2 Å². The highest BCUT2D eigenvalue weighted by molar-refractivity contribution is 6.32. The minimum Gasteiger partial charge on any atom is -0.469 e. The third-order valence-corrected chi connectivity index (χ3v) is 5.73. The fourth-order valence-corrected chi connectivity index (χ4v) is 3.62. The molecule has 0 radical (unpaired) electrons. The van der Waals surface area contributed by atoms with Crippen LogP contribution in [-0.4, -0.2) is 96.1 Å². The van der Waals surface area contributed by atoms with Crippen LogP contribution in [0.1, 0.15) is 43.4 Å². The number of carbonyl (C=O) groups is 4. The van der Waals surface area contributed by atoms with Gasteiger partial charge in [0.05, 0.1) is 44.2 Å². The van der Waals surface area contributed by atoms with Crippen molar-refractivity contribution in [3.63, 3.8) is 0 Å². The van der Waals surface area contributed by atoms with Gasteiger partial charge in [0.15, 0.2) is 5.15 Å². The lowest BCUT2D eigenvalue weighted by molar-refractivity contribution is -0.140. The van der Waals surface area contributed by atoms with Gasteiger partial charge in [-0.15, -0.1) is 10.2 Å². The summed E-state index contributed by atoms with van der Waals surface area (Å²) in [5, 5.41) is 20.8. The van der Waals surface area contributed by atoms with Crippen LogP contribution in [0.4, 0.5) is 10.5 Å². The van der Waals surface area contributed by atoms with Crippen LogP contribution in [0.3, 0.4) is 0 Å². The number of nitrogens with zero attached hydrogens (tertiary/aromatic N) is 8. The molecule has 3 aromatic rings. The molecule has 0 saturated heterocycles. The van der Waals surface area contributed by atoms with Crippen molar-refractivity contribution in [3.05, 3.63) is 47.3 Å². The van der Waals surface area contributed by atoms with Crippen molar-refractivity contribution in [1.29, 1.82) is 0 Å². The van der Waals surface area contributed by atoms with Gasteiger partial charge in [-0.3, -0.25) is 28.6 Å². The molecule has 0 unspecified atom stereocenters. The molecule has 0 aliphatic carbocycles. The van der Waals surface area contributed by atoms with Crippen LogP contribution in [0, 0.1) is 0 Å². The minimum absolute atomic E-state index is 0.0444. The normalized spacial score (nSPS) is 11.1. The highest BCUT2D eigenvalue weighted by atomic mass is 35.5. The molecule has 0 spiro atoms. The van der Waals surface area contributed by atoms with Crippen LogP contribution in [0.5, 0.6) is 0 Å². The Morgan fingerprint density at radius 3 is 2.55 bits per heavy atom. The van der Waals surface area contributed by atoms with Crippen molar-refractivity contribution in [2.75, 3.05) is 32.1 Å². The van der Waals surface area contributed by atoms with E-state index in [9.17, 15) is 19.2 Å². The maximum absolute atomic E-state index is 12.8. The molecule has 3 aromatic heterocycles. The van der Waals surface area contributed by atoms with E-state index in [1.54, 1.807) is 33.2 Å². The summed E-state index contributed by atoms with van der Waals surface area (Å²) >= 11 is 6.24. The quantitative estimate of drug-likeness (QED) is 0.211. The van der Waals surface area contributed by atoms with Crippen LogP contribution in [0.25, 0.3) is 0 Å². The number of ether oxygens (including phenoxy) is 2. The predicted molar refractivity (Wildman–Crippen MR) is 148 cm³/mol. The maximum atomic E-state index is 12.8. The van der Waals surface area contributed by atoms with Gasteiger partial charge in [0, 0.05) is 31.9 Å². The molecule has 0 aliphatic rings. The van der Waals surface area contributed by atoms with Crippen molar-refractivity contribution in [2.45, 2.75) is 52.3 Å². The average Bonchev–Trinajstić information content (AvgIpc) is 3.62. The number of pyridine rings is 1. The molecule has 0 aliphatic heterocycles. The first-order valence-electron chi connectivity index (χ1n) is 13.0. The number of nitrogens with one attached hydrogen (secondary N) is 2. The highest BCUT2D eigenvalue weighted by Crippen LogP contribution is 2.20. The van der Waals surface area contributed by atoms with E-state index in [-0.39, 0.29) is 48.6 Å². The second kappa shape index (κ2) is 14.9. The Morgan fingerprint density at radius 1 is 1.10 bits per heavy atom. The lowest BCUT2D eigenvalue weighted by Gasteiger charge is -2.27. The lowest BCUT2D eigenvalue weighted by atomic mass is 10.2. The first-order valence-corrected chi connectivity index (χ1v) is 13.3. The van der Waals surface area contributed by atoms with Crippen LogP contribution in [-0.2, 0) is 38.6 Å². The molecular weight excluding hydrogens is 572 g/mol. The zero-order chi connectivity index (χ0) is 30.7. The summed E-state index contributed by atoms with van der Waals surface area (Å²) < 4.78 is 13.1. The molecule has 0 bridgehead atoms. The maximum Gasteiger partial charge on any atom is 0.410 e. The Kier molecular flexibility index (Phi) is 11.3. The Bertz CT molecular complexity index is 1370. The molecule has 0 saturated carbocycles. The summed E-state index contributed by atoms with van der Waals surface area (Å²) in [6.07, 6.45) is 4.73. The smallest absolute Gasteiger partial charge is 0.410 e. The first kappa shape index (κ1) is 31.9. The monoisotopic (exact) mass is 604 g/mol. The van der Waals surface area contributed by atoms with Gasteiger partial charge in [-0.05, 0) is 32.9 Å². The standard InChI is InChI=1S/C25H33ClN10O6/c1-25(2,3)42-24(40)34(13-14-35-12-10-28-32-35)16-20(37)29-18-5-6-19(30-22(18)26)23(39)27-9-7-17-15-36(33-31-17)11-8-21(38)41-4/h5-6,10,12,15H,7-9,11,13-14,16H2,1-4H3,(H,27,39)(H,29,37). The summed E-state index contributed by atoms with van der Waals surface area (Å²) in [6, 6.07) is 2.86. The van der Waals surface area contributed by atoms with Gasteiger partial charge < -0.3 is 20.1 Å². The molecular formula is C25H33ClN10O6. The fourth-order valence-electron chi connectivity index (χ4n) is 3.42. The Hall–Kier alpha value is -4.60.